The van der Waals surface area contributed by atoms with E-state index in [2.05, 4.69) is 32.8 Å². The summed E-state index contributed by atoms with van der Waals surface area (Å²) in [6.07, 6.45) is 3.31. The molecular formula is C12H22N4O2S2. The number of aromatic nitrogens is 2. The molecule has 0 radical (unpaired) electrons. The zero-order chi connectivity index (χ0) is 14.8. The van der Waals surface area contributed by atoms with Crippen molar-refractivity contribution in [3.63, 3.8) is 0 Å². The number of hydrogen-bond donors (Lipinski definition) is 1. The molecule has 1 aromatic rings. The highest BCUT2D eigenvalue weighted by Gasteiger charge is 2.23. The van der Waals surface area contributed by atoms with Crippen molar-refractivity contribution in [2.45, 2.75) is 32.6 Å². The van der Waals surface area contributed by atoms with E-state index < -0.39 is 10.0 Å². The van der Waals surface area contributed by atoms with E-state index in [1.54, 1.807) is 0 Å². The minimum atomic E-state index is -3.11. The molecule has 2 heterocycles. The zero-order valence-corrected chi connectivity index (χ0v) is 13.8. The highest BCUT2D eigenvalue weighted by atomic mass is 32.2. The summed E-state index contributed by atoms with van der Waals surface area (Å²) in [6.45, 7) is 6.49. The fraction of sp³-hybridized carbons (Fsp3) is 0.833. The van der Waals surface area contributed by atoms with Gasteiger partial charge in [-0.05, 0) is 18.8 Å². The van der Waals surface area contributed by atoms with Crippen LogP contribution in [-0.4, -0.2) is 43.7 Å². The second-order valence-corrected chi connectivity index (χ2v) is 8.23. The minimum absolute atomic E-state index is 0.338. The molecule has 0 unspecified atom stereocenters. The van der Waals surface area contributed by atoms with Gasteiger partial charge in [0.2, 0.25) is 15.2 Å². The van der Waals surface area contributed by atoms with Gasteiger partial charge in [-0.2, -0.15) is 4.37 Å². The van der Waals surface area contributed by atoms with Gasteiger partial charge in [0.05, 0.1) is 6.26 Å². The van der Waals surface area contributed by atoms with Crippen LogP contribution in [0, 0.1) is 5.92 Å². The second kappa shape index (κ2) is 6.36. The zero-order valence-electron chi connectivity index (χ0n) is 12.2. The molecule has 1 N–H and O–H groups in total. The van der Waals surface area contributed by atoms with Crippen LogP contribution in [0.3, 0.4) is 0 Å². The van der Waals surface area contributed by atoms with Gasteiger partial charge >= 0.3 is 0 Å². The Bertz CT molecular complexity index is 541. The van der Waals surface area contributed by atoms with Gasteiger partial charge in [0.25, 0.3) is 0 Å². The van der Waals surface area contributed by atoms with Gasteiger partial charge in [0.1, 0.15) is 5.82 Å². The van der Waals surface area contributed by atoms with Crippen LogP contribution in [0.15, 0.2) is 0 Å². The highest BCUT2D eigenvalue weighted by molar-refractivity contribution is 7.88. The average Bonchev–Trinajstić information content (AvgIpc) is 2.86. The molecular weight excluding hydrogens is 296 g/mol. The molecule has 0 bridgehead atoms. The van der Waals surface area contributed by atoms with Crippen molar-refractivity contribution >= 4 is 26.7 Å². The Morgan fingerprint density at radius 2 is 2.25 bits per heavy atom. The van der Waals surface area contributed by atoms with Crippen LogP contribution < -0.4 is 9.62 Å². The fourth-order valence-electron chi connectivity index (χ4n) is 2.26. The van der Waals surface area contributed by atoms with Crippen LogP contribution in [0.4, 0.5) is 5.13 Å². The number of nitrogens with one attached hydrogen (secondary N) is 1. The van der Waals surface area contributed by atoms with Crippen LogP contribution in [-0.2, 0) is 10.0 Å². The van der Waals surface area contributed by atoms with Crippen molar-refractivity contribution in [3.8, 4) is 0 Å². The third-order valence-corrected chi connectivity index (χ3v) is 4.85. The summed E-state index contributed by atoms with van der Waals surface area (Å²) in [4.78, 5) is 6.80. The van der Waals surface area contributed by atoms with Gasteiger partial charge in [0, 0.05) is 37.1 Å². The summed E-state index contributed by atoms with van der Waals surface area (Å²) in [5.74, 6) is 1.57. The smallest absolute Gasteiger partial charge is 0.208 e. The number of hydrogen-bond acceptors (Lipinski definition) is 6. The molecule has 114 valence electrons. The lowest BCUT2D eigenvalue weighted by molar-refractivity contribution is 0.411. The standard InChI is InChI=1S/C12H22N4O2S2/c1-9(2)11-14-12(19-15-11)16-6-4-5-10(8-16)7-13-20(3,17)18/h9-10,13H,4-8H2,1-3H3/t10-/m1/s1. The molecule has 0 aliphatic carbocycles. The molecule has 0 amide bonds. The summed E-state index contributed by atoms with van der Waals surface area (Å²) >= 11 is 1.44. The van der Waals surface area contributed by atoms with E-state index in [9.17, 15) is 8.42 Å². The predicted octanol–water partition coefficient (Wildman–Crippen LogP) is 1.43. The normalized spacial score (nSPS) is 20.6. The number of nitrogens with zero attached hydrogens (tertiary/aromatic N) is 3. The van der Waals surface area contributed by atoms with Crippen molar-refractivity contribution in [1.82, 2.24) is 14.1 Å². The van der Waals surface area contributed by atoms with Crippen LogP contribution in [0.25, 0.3) is 0 Å². The van der Waals surface area contributed by atoms with Gasteiger partial charge < -0.3 is 4.90 Å². The van der Waals surface area contributed by atoms with Gasteiger partial charge in [-0.1, -0.05) is 13.8 Å². The van der Waals surface area contributed by atoms with Gasteiger partial charge in [0.15, 0.2) is 0 Å². The lowest BCUT2D eigenvalue weighted by atomic mass is 9.99. The maximum atomic E-state index is 11.2. The fourth-order valence-corrected chi connectivity index (χ4v) is 3.64. The number of rotatable bonds is 5. The number of sulfonamides is 1. The second-order valence-electron chi connectivity index (χ2n) is 5.66. The Kier molecular flexibility index (Phi) is 4.98. The van der Waals surface area contributed by atoms with Crippen LogP contribution in [0.1, 0.15) is 38.4 Å². The van der Waals surface area contributed by atoms with Crippen molar-refractivity contribution in [3.05, 3.63) is 5.82 Å². The monoisotopic (exact) mass is 318 g/mol. The summed E-state index contributed by atoms with van der Waals surface area (Å²) < 4.78 is 29.3. The lowest BCUT2D eigenvalue weighted by Gasteiger charge is -2.32. The third kappa shape index (κ3) is 4.39. The summed E-state index contributed by atoms with van der Waals surface area (Å²) in [6, 6.07) is 0. The molecule has 2 rings (SSSR count). The van der Waals surface area contributed by atoms with Crippen LogP contribution in [0.5, 0.6) is 0 Å². The Balaban J connectivity index is 1.95. The van der Waals surface area contributed by atoms with Gasteiger partial charge in [-0.15, -0.1) is 0 Å². The van der Waals surface area contributed by atoms with E-state index in [-0.39, 0.29) is 0 Å². The molecule has 20 heavy (non-hydrogen) atoms. The van der Waals surface area contributed by atoms with E-state index in [4.69, 9.17) is 0 Å². The van der Waals surface area contributed by atoms with E-state index in [0.29, 0.717) is 18.4 Å². The SMILES string of the molecule is CC(C)c1nsc(N2CCC[C@H](CNS(C)(=O)=O)C2)n1. The first-order valence-electron chi connectivity index (χ1n) is 6.88. The highest BCUT2D eigenvalue weighted by Crippen LogP contribution is 2.26. The predicted molar refractivity (Wildman–Crippen MR) is 81.8 cm³/mol. The maximum Gasteiger partial charge on any atom is 0.208 e. The molecule has 1 atom stereocenters. The van der Waals surface area contributed by atoms with E-state index in [1.807, 2.05) is 0 Å². The first-order valence-corrected chi connectivity index (χ1v) is 9.55. The van der Waals surface area contributed by atoms with E-state index >= 15 is 0 Å². The van der Waals surface area contributed by atoms with Crippen LogP contribution in [0.2, 0.25) is 0 Å². The van der Waals surface area contributed by atoms with Crippen molar-refractivity contribution in [1.29, 1.82) is 0 Å². The largest absolute Gasteiger partial charge is 0.347 e. The topological polar surface area (TPSA) is 75.2 Å². The number of anilines is 1. The Hall–Kier alpha value is -0.730. The summed E-state index contributed by atoms with van der Waals surface area (Å²) in [7, 11) is -3.11. The lowest BCUT2D eigenvalue weighted by Crippen LogP contribution is -2.40. The molecule has 0 aromatic carbocycles. The Morgan fingerprint density at radius 1 is 1.50 bits per heavy atom. The van der Waals surface area contributed by atoms with Gasteiger partial charge in [-0.25, -0.2) is 18.1 Å². The van der Waals surface area contributed by atoms with Crippen molar-refractivity contribution < 1.29 is 8.42 Å². The first kappa shape index (κ1) is 15.7. The van der Waals surface area contributed by atoms with E-state index in [0.717, 1.165) is 36.9 Å². The van der Waals surface area contributed by atoms with Gasteiger partial charge in [-0.3, -0.25) is 0 Å². The summed E-state index contributed by atoms with van der Waals surface area (Å²) in [5.41, 5.74) is 0. The first-order chi connectivity index (χ1) is 9.35. The molecule has 1 fully saturated rings. The maximum absolute atomic E-state index is 11.2. The Morgan fingerprint density at radius 3 is 2.85 bits per heavy atom. The molecule has 1 aromatic heterocycles. The third-order valence-electron chi connectivity index (χ3n) is 3.37. The molecule has 0 spiro atoms. The molecule has 1 aliphatic heterocycles. The molecule has 6 nitrogen and oxygen atoms in total. The molecule has 0 saturated carbocycles. The molecule has 1 aliphatic rings. The minimum Gasteiger partial charge on any atom is -0.347 e. The summed E-state index contributed by atoms with van der Waals surface area (Å²) in [5, 5.41) is 0.956. The quantitative estimate of drug-likeness (QED) is 0.889. The number of piperidine rings is 1. The van der Waals surface area contributed by atoms with E-state index in [1.165, 1.54) is 17.8 Å². The molecule has 8 heteroatoms. The Labute approximate surface area is 124 Å². The van der Waals surface area contributed by atoms with Crippen LogP contribution >= 0.6 is 11.5 Å². The van der Waals surface area contributed by atoms with Crippen molar-refractivity contribution in [2.75, 3.05) is 30.8 Å². The molecule has 1 saturated heterocycles. The van der Waals surface area contributed by atoms with Crippen molar-refractivity contribution in [2.24, 2.45) is 5.92 Å². The average molecular weight is 318 g/mol.